The Hall–Kier alpha value is -3.20. The van der Waals surface area contributed by atoms with Crippen LogP contribution in [-0.4, -0.2) is 79.8 Å². The SMILES string of the molecule is Cc1cccc(CN=Cc2nc(OCCN3CCOC3=O)cc(N3CCOCC3)n2)c1. The Labute approximate surface area is 181 Å². The van der Waals surface area contributed by atoms with E-state index in [1.165, 1.54) is 5.56 Å². The number of rotatable bonds is 8. The Balaban J connectivity index is 1.45. The van der Waals surface area contributed by atoms with Crippen molar-refractivity contribution >= 4 is 18.1 Å². The van der Waals surface area contributed by atoms with Gasteiger partial charge in [-0.05, 0) is 12.5 Å². The molecule has 0 unspecified atom stereocenters. The van der Waals surface area contributed by atoms with Crippen LogP contribution >= 0.6 is 0 Å². The molecule has 3 heterocycles. The Morgan fingerprint density at radius 1 is 1.16 bits per heavy atom. The minimum Gasteiger partial charge on any atom is -0.476 e. The molecule has 1 aromatic heterocycles. The molecule has 4 rings (SSSR count). The third-order valence-corrected chi connectivity index (χ3v) is 5.06. The molecular formula is C22H27N5O4. The van der Waals surface area contributed by atoms with E-state index in [1.807, 2.05) is 18.2 Å². The number of carbonyl (C=O) groups is 1. The first-order chi connectivity index (χ1) is 15.2. The number of morpholine rings is 1. The number of hydrogen-bond acceptors (Lipinski definition) is 8. The zero-order valence-electron chi connectivity index (χ0n) is 17.7. The molecule has 2 saturated heterocycles. The van der Waals surface area contributed by atoms with Crippen molar-refractivity contribution in [1.29, 1.82) is 0 Å². The Kier molecular flexibility index (Phi) is 6.93. The summed E-state index contributed by atoms with van der Waals surface area (Å²) in [6, 6.07) is 10.1. The number of benzene rings is 1. The first kappa shape index (κ1) is 21.0. The summed E-state index contributed by atoms with van der Waals surface area (Å²) >= 11 is 0. The van der Waals surface area contributed by atoms with Gasteiger partial charge in [-0.25, -0.2) is 9.78 Å². The van der Waals surface area contributed by atoms with Gasteiger partial charge in [0, 0.05) is 19.2 Å². The summed E-state index contributed by atoms with van der Waals surface area (Å²) in [6.07, 6.45) is 1.38. The van der Waals surface area contributed by atoms with Crippen molar-refractivity contribution in [2.75, 3.05) is 57.5 Å². The lowest BCUT2D eigenvalue weighted by Crippen LogP contribution is -2.37. The normalized spacial score (nSPS) is 16.7. The van der Waals surface area contributed by atoms with Crippen LogP contribution < -0.4 is 9.64 Å². The molecule has 164 valence electrons. The predicted molar refractivity (Wildman–Crippen MR) is 116 cm³/mol. The molecule has 0 aliphatic carbocycles. The highest BCUT2D eigenvalue weighted by atomic mass is 16.6. The number of nitrogens with zero attached hydrogens (tertiary/aromatic N) is 5. The Morgan fingerprint density at radius 2 is 2.03 bits per heavy atom. The van der Waals surface area contributed by atoms with Gasteiger partial charge in [0.2, 0.25) is 5.88 Å². The summed E-state index contributed by atoms with van der Waals surface area (Å²) in [5.74, 6) is 1.74. The van der Waals surface area contributed by atoms with Crippen molar-refractivity contribution in [2.24, 2.45) is 4.99 Å². The lowest BCUT2D eigenvalue weighted by atomic mass is 10.1. The number of carbonyl (C=O) groups excluding carboxylic acids is 1. The first-order valence-electron chi connectivity index (χ1n) is 10.5. The summed E-state index contributed by atoms with van der Waals surface area (Å²) in [7, 11) is 0. The first-order valence-corrected chi connectivity index (χ1v) is 10.5. The molecule has 31 heavy (non-hydrogen) atoms. The molecule has 0 radical (unpaired) electrons. The molecule has 1 aromatic carbocycles. The summed E-state index contributed by atoms with van der Waals surface area (Å²) < 4.78 is 16.2. The van der Waals surface area contributed by atoms with Gasteiger partial charge in [-0.2, -0.15) is 4.98 Å². The molecule has 0 bridgehead atoms. The predicted octanol–water partition coefficient (Wildman–Crippen LogP) is 2.07. The standard InChI is InChI=1S/C22H27N5O4/c1-17-3-2-4-18(13-17)15-23-16-19-24-20(26-5-9-29-10-6-26)14-21(25-19)30-11-7-27-8-12-31-22(27)28/h2-4,13-14,16H,5-12,15H2,1H3. The lowest BCUT2D eigenvalue weighted by Gasteiger charge is -2.28. The maximum absolute atomic E-state index is 11.6. The van der Waals surface area contributed by atoms with Gasteiger partial charge in [-0.1, -0.05) is 29.8 Å². The van der Waals surface area contributed by atoms with Gasteiger partial charge >= 0.3 is 6.09 Å². The number of aliphatic imine (C=N–C) groups is 1. The van der Waals surface area contributed by atoms with Crippen molar-refractivity contribution in [3.63, 3.8) is 0 Å². The second-order valence-electron chi connectivity index (χ2n) is 7.43. The van der Waals surface area contributed by atoms with E-state index in [2.05, 4.69) is 38.9 Å². The molecule has 2 fully saturated rings. The number of anilines is 1. The van der Waals surface area contributed by atoms with Crippen molar-refractivity contribution in [3.8, 4) is 5.88 Å². The molecule has 2 aromatic rings. The number of cyclic esters (lactones) is 1. The second kappa shape index (κ2) is 10.2. The average molecular weight is 425 g/mol. The van der Waals surface area contributed by atoms with Gasteiger partial charge in [-0.15, -0.1) is 0 Å². The highest BCUT2D eigenvalue weighted by molar-refractivity contribution is 5.75. The van der Waals surface area contributed by atoms with Crippen molar-refractivity contribution < 1.29 is 19.0 Å². The molecule has 0 spiro atoms. The third-order valence-electron chi connectivity index (χ3n) is 5.06. The van der Waals surface area contributed by atoms with Gasteiger partial charge in [0.25, 0.3) is 0 Å². The topological polar surface area (TPSA) is 89.4 Å². The van der Waals surface area contributed by atoms with E-state index >= 15 is 0 Å². The molecule has 2 aliphatic heterocycles. The van der Waals surface area contributed by atoms with E-state index in [-0.39, 0.29) is 6.09 Å². The van der Waals surface area contributed by atoms with Crippen molar-refractivity contribution in [3.05, 3.63) is 47.3 Å². The lowest BCUT2D eigenvalue weighted by molar-refractivity contribution is 0.122. The van der Waals surface area contributed by atoms with Crippen molar-refractivity contribution in [2.45, 2.75) is 13.5 Å². The maximum atomic E-state index is 11.6. The molecule has 0 saturated carbocycles. The van der Waals surface area contributed by atoms with Crippen LogP contribution in [0.1, 0.15) is 17.0 Å². The van der Waals surface area contributed by atoms with Crippen molar-refractivity contribution in [1.82, 2.24) is 14.9 Å². The van der Waals surface area contributed by atoms with E-state index in [9.17, 15) is 4.79 Å². The van der Waals surface area contributed by atoms with Crippen LogP contribution in [0.25, 0.3) is 0 Å². The maximum Gasteiger partial charge on any atom is 0.410 e. The van der Waals surface area contributed by atoms with Crippen LogP contribution in [0, 0.1) is 6.92 Å². The number of aromatic nitrogens is 2. The van der Waals surface area contributed by atoms with Crippen LogP contribution in [0.4, 0.5) is 10.6 Å². The average Bonchev–Trinajstić information content (AvgIpc) is 3.19. The third kappa shape index (κ3) is 5.91. The number of ether oxygens (including phenoxy) is 3. The Bertz CT molecular complexity index is 930. The molecule has 2 aliphatic rings. The number of hydrogen-bond donors (Lipinski definition) is 0. The van der Waals surface area contributed by atoms with Crippen LogP contribution in [0.3, 0.4) is 0 Å². The minimum absolute atomic E-state index is 0.302. The van der Waals surface area contributed by atoms with E-state index < -0.39 is 0 Å². The summed E-state index contributed by atoms with van der Waals surface area (Å²) in [5.41, 5.74) is 2.34. The monoisotopic (exact) mass is 425 g/mol. The number of amides is 1. The summed E-state index contributed by atoms with van der Waals surface area (Å²) in [4.78, 5) is 29.0. The zero-order valence-corrected chi connectivity index (χ0v) is 17.7. The highest BCUT2D eigenvalue weighted by Gasteiger charge is 2.21. The van der Waals surface area contributed by atoms with Crippen LogP contribution in [0.2, 0.25) is 0 Å². The van der Waals surface area contributed by atoms with E-state index in [1.54, 1.807) is 11.1 Å². The molecule has 0 atom stereocenters. The Morgan fingerprint density at radius 3 is 2.81 bits per heavy atom. The van der Waals surface area contributed by atoms with Crippen LogP contribution in [-0.2, 0) is 16.0 Å². The molecule has 9 nitrogen and oxygen atoms in total. The molecular weight excluding hydrogens is 398 g/mol. The fourth-order valence-electron chi connectivity index (χ4n) is 3.45. The van der Waals surface area contributed by atoms with Gasteiger partial charge < -0.3 is 24.0 Å². The highest BCUT2D eigenvalue weighted by Crippen LogP contribution is 2.19. The fourth-order valence-corrected chi connectivity index (χ4v) is 3.45. The largest absolute Gasteiger partial charge is 0.476 e. The second-order valence-corrected chi connectivity index (χ2v) is 7.43. The summed E-state index contributed by atoms with van der Waals surface area (Å²) in [6.45, 7) is 7.25. The van der Waals surface area contributed by atoms with Gasteiger partial charge in [0.1, 0.15) is 19.0 Å². The van der Waals surface area contributed by atoms with E-state index in [0.717, 1.165) is 24.5 Å². The fraction of sp³-hybridized carbons (Fsp3) is 0.455. The molecule has 9 heteroatoms. The van der Waals surface area contributed by atoms with Crippen LogP contribution in [0.15, 0.2) is 35.3 Å². The van der Waals surface area contributed by atoms with E-state index in [0.29, 0.717) is 57.8 Å². The smallest absolute Gasteiger partial charge is 0.410 e. The number of aryl methyl sites for hydroxylation is 1. The van der Waals surface area contributed by atoms with E-state index in [4.69, 9.17) is 14.2 Å². The minimum atomic E-state index is -0.302. The molecule has 1 amide bonds. The molecule has 0 N–H and O–H groups in total. The zero-order chi connectivity index (χ0) is 21.5. The van der Waals surface area contributed by atoms with Crippen LogP contribution in [0.5, 0.6) is 5.88 Å². The van der Waals surface area contributed by atoms with Gasteiger partial charge in [0.05, 0.1) is 39.1 Å². The van der Waals surface area contributed by atoms with Gasteiger partial charge in [-0.3, -0.25) is 4.99 Å². The van der Waals surface area contributed by atoms with Gasteiger partial charge in [0.15, 0.2) is 5.82 Å². The summed E-state index contributed by atoms with van der Waals surface area (Å²) in [5, 5.41) is 0. The quantitative estimate of drug-likeness (QED) is 0.598.